The van der Waals surface area contributed by atoms with Gasteiger partial charge in [0.05, 0.1) is 30.0 Å². The van der Waals surface area contributed by atoms with Gasteiger partial charge in [0.25, 0.3) is 5.91 Å². The third kappa shape index (κ3) is 3.94. The summed E-state index contributed by atoms with van der Waals surface area (Å²) in [4.78, 5) is 17.0. The summed E-state index contributed by atoms with van der Waals surface area (Å²) in [6.07, 6.45) is -0.334. The first-order chi connectivity index (χ1) is 15.6. The SMILES string of the molecule is CCc1cc(NCCC(F)(F)F)c2ncc(-c3ccc(C(=O)NC4C5CC54F)c(C)c3)n2c1. The number of pyridine rings is 1. The van der Waals surface area contributed by atoms with E-state index in [4.69, 9.17) is 0 Å². The van der Waals surface area contributed by atoms with Crippen molar-refractivity contribution in [1.29, 1.82) is 0 Å². The standard InChI is InChI=1S/C24H24F4N4O/c1-3-14-9-18(29-7-6-24(26,27)28)21-30-11-19(32(21)12-14)15-4-5-16(13(2)8-15)22(33)31-20-17-10-23(17,20)25/h4-5,8-9,11-12,17,20,29H,3,6-7,10H2,1-2H3,(H,31,33). The Kier molecular flexibility index (Phi) is 4.91. The number of nitrogens with one attached hydrogen (secondary N) is 2. The zero-order valence-corrected chi connectivity index (χ0v) is 18.3. The fourth-order valence-electron chi connectivity index (χ4n) is 4.38. The van der Waals surface area contributed by atoms with Gasteiger partial charge < -0.3 is 10.6 Å². The van der Waals surface area contributed by atoms with Crippen LogP contribution in [0.5, 0.6) is 0 Å². The second-order valence-electron chi connectivity index (χ2n) is 8.96. The van der Waals surface area contributed by atoms with Gasteiger partial charge in [-0.1, -0.05) is 13.0 Å². The number of hydrogen-bond acceptors (Lipinski definition) is 3. The quantitative estimate of drug-likeness (QED) is 0.484. The molecule has 174 valence electrons. The molecule has 2 heterocycles. The maximum absolute atomic E-state index is 13.9. The van der Waals surface area contributed by atoms with Crippen LogP contribution in [0.3, 0.4) is 0 Å². The Morgan fingerprint density at radius 2 is 2.06 bits per heavy atom. The van der Waals surface area contributed by atoms with Crippen LogP contribution in [0, 0.1) is 12.8 Å². The third-order valence-electron chi connectivity index (χ3n) is 6.65. The van der Waals surface area contributed by atoms with Gasteiger partial charge in [-0.2, -0.15) is 13.2 Å². The minimum absolute atomic E-state index is 0.0223. The third-order valence-corrected chi connectivity index (χ3v) is 6.65. The van der Waals surface area contributed by atoms with Crippen molar-refractivity contribution in [2.45, 2.75) is 51.0 Å². The Labute approximate surface area is 188 Å². The number of hydrogen-bond donors (Lipinski definition) is 2. The second-order valence-corrected chi connectivity index (χ2v) is 8.96. The Hall–Kier alpha value is -3.10. The number of nitrogens with zero attached hydrogens (tertiary/aromatic N) is 2. The average Bonchev–Trinajstić information content (AvgIpc) is 3.49. The number of amides is 1. The van der Waals surface area contributed by atoms with Crippen molar-refractivity contribution in [3.63, 3.8) is 0 Å². The summed E-state index contributed by atoms with van der Waals surface area (Å²) in [6.45, 7) is 3.56. The van der Waals surface area contributed by atoms with E-state index in [1.807, 2.05) is 36.6 Å². The molecule has 5 nitrogen and oxygen atoms in total. The molecule has 0 aliphatic heterocycles. The van der Waals surface area contributed by atoms with E-state index in [1.54, 1.807) is 18.3 Å². The molecule has 1 aromatic carbocycles. The number of imidazole rings is 1. The second kappa shape index (κ2) is 7.46. The maximum Gasteiger partial charge on any atom is 0.390 e. The number of fused-ring (bicyclic) bond motifs is 2. The van der Waals surface area contributed by atoms with Gasteiger partial charge in [0.1, 0.15) is 5.67 Å². The van der Waals surface area contributed by atoms with Crippen molar-refractivity contribution in [3.05, 3.63) is 53.3 Å². The summed E-state index contributed by atoms with van der Waals surface area (Å²) >= 11 is 0. The molecule has 3 unspecified atom stereocenters. The van der Waals surface area contributed by atoms with Crippen LogP contribution in [0.1, 0.15) is 41.3 Å². The fraction of sp³-hybridized carbons (Fsp3) is 0.417. The number of carbonyl (C=O) groups is 1. The molecule has 9 heteroatoms. The number of benzene rings is 1. The lowest BCUT2D eigenvalue weighted by atomic mass is 10.0. The monoisotopic (exact) mass is 460 g/mol. The molecule has 33 heavy (non-hydrogen) atoms. The summed E-state index contributed by atoms with van der Waals surface area (Å²) in [5.74, 6) is -0.304. The first-order valence-corrected chi connectivity index (χ1v) is 11.0. The normalized spacial score (nSPS) is 23.3. The molecule has 3 atom stereocenters. The number of anilines is 1. The van der Waals surface area contributed by atoms with Crippen LogP contribution in [0.15, 0.2) is 36.7 Å². The van der Waals surface area contributed by atoms with Gasteiger partial charge in [-0.25, -0.2) is 9.37 Å². The Bertz CT molecular complexity index is 1250. The Morgan fingerprint density at radius 3 is 2.67 bits per heavy atom. The highest BCUT2D eigenvalue weighted by Gasteiger charge is 2.81. The number of aromatic nitrogens is 2. The fourth-order valence-corrected chi connectivity index (χ4v) is 4.38. The van der Waals surface area contributed by atoms with E-state index in [9.17, 15) is 22.4 Å². The molecular weight excluding hydrogens is 436 g/mol. The smallest absolute Gasteiger partial charge is 0.382 e. The van der Waals surface area contributed by atoms with Crippen LogP contribution in [-0.4, -0.2) is 39.7 Å². The number of aryl methyl sites for hydroxylation is 2. The number of alkyl halides is 4. The van der Waals surface area contributed by atoms with E-state index in [0.29, 0.717) is 29.7 Å². The first-order valence-electron chi connectivity index (χ1n) is 11.0. The van der Waals surface area contributed by atoms with Gasteiger partial charge in [-0.05, 0) is 49.1 Å². The minimum atomic E-state index is -4.23. The minimum Gasteiger partial charge on any atom is -0.382 e. The predicted molar refractivity (Wildman–Crippen MR) is 117 cm³/mol. The molecule has 2 aliphatic rings. The van der Waals surface area contributed by atoms with Gasteiger partial charge in [0, 0.05) is 29.8 Å². The molecule has 0 radical (unpaired) electrons. The number of rotatable bonds is 7. The Morgan fingerprint density at radius 1 is 1.30 bits per heavy atom. The molecule has 2 fully saturated rings. The van der Waals surface area contributed by atoms with E-state index in [0.717, 1.165) is 22.4 Å². The van der Waals surface area contributed by atoms with Crippen molar-refractivity contribution in [2.75, 3.05) is 11.9 Å². The summed E-state index contributed by atoms with van der Waals surface area (Å²) in [5, 5.41) is 5.63. The van der Waals surface area contributed by atoms with Crippen molar-refractivity contribution >= 4 is 17.2 Å². The van der Waals surface area contributed by atoms with Gasteiger partial charge in [-0.15, -0.1) is 0 Å². The molecule has 3 aromatic rings. The van der Waals surface area contributed by atoms with Gasteiger partial charge in [0.15, 0.2) is 5.65 Å². The molecule has 2 aromatic heterocycles. The zero-order valence-electron chi connectivity index (χ0n) is 18.3. The highest BCUT2D eigenvalue weighted by molar-refractivity contribution is 5.97. The molecule has 2 N–H and O–H groups in total. The van der Waals surface area contributed by atoms with Crippen LogP contribution >= 0.6 is 0 Å². The lowest BCUT2D eigenvalue weighted by Gasteiger charge is -2.13. The molecule has 0 saturated heterocycles. The van der Waals surface area contributed by atoms with Crippen molar-refractivity contribution in [1.82, 2.24) is 14.7 Å². The van der Waals surface area contributed by atoms with E-state index < -0.39 is 18.3 Å². The molecule has 0 bridgehead atoms. The van der Waals surface area contributed by atoms with Gasteiger partial charge in [-0.3, -0.25) is 9.20 Å². The molecular formula is C24H24F4N4O. The van der Waals surface area contributed by atoms with Crippen LogP contribution in [-0.2, 0) is 6.42 Å². The largest absolute Gasteiger partial charge is 0.390 e. The molecule has 5 rings (SSSR count). The lowest BCUT2D eigenvalue weighted by Crippen LogP contribution is -2.33. The summed E-state index contributed by atoms with van der Waals surface area (Å²) in [5.41, 5.74) is 3.67. The van der Waals surface area contributed by atoms with E-state index >= 15 is 0 Å². The summed E-state index contributed by atoms with van der Waals surface area (Å²) in [6, 6.07) is 6.84. The van der Waals surface area contributed by atoms with Crippen LogP contribution in [0.4, 0.5) is 23.2 Å². The summed E-state index contributed by atoms with van der Waals surface area (Å²) in [7, 11) is 0. The molecule has 0 spiro atoms. The van der Waals surface area contributed by atoms with Crippen molar-refractivity contribution in [2.24, 2.45) is 5.92 Å². The highest BCUT2D eigenvalue weighted by Crippen LogP contribution is 2.69. The van der Waals surface area contributed by atoms with E-state index in [1.165, 1.54) is 0 Å². The van der Waals surface area contributed by atoms with E-state index in [2.05, 4.69) is 15.6 Å². The maximum atomic E-state index is 13.9. The van der Waals surface area contributed by atoms with Gasteiger partial charge >= 0.3 is 6.18 Å². The van der Waals surface area contributed by atoms with Gasteiger partial charge in [0.2, 0.25) is 0 Å². The topological polar surface area (TPSA) is 58.4 Å². The number of carbonyl (C=O) groups excluding carboxylic acids is 1. The van der Waals surface area contributed by atoms with Crippen molar-refractivity contribution < 1.29 is 22.4 Å². The summed E-state index contributed by atoms with van der Waals surface area (Å²) < 4.78 is 53.4. The average molecular weight is 460 g/mol. The van der Waals surface area contributed by atoms with Crippen LogP contribution in [0.2, 0.25) is 0 Å². The molecule has 1 amide bonds. The molecule has 2 aliphatic carbocycles. The molecule has 2 saturated carbocycles. The first kappa shape index (κ1) is 21.7. The van der Waals surface area contributed by atoms with E-state index in [-0.39, 0.29) is 24.4 Å². The van der Waals surface area contributed by atoms with Crippen LogP contribution < -0.4 is 10.6 Å². The highest BCUT2D eigenvalue weighted by atomic mass is 19.4. The lowest BCUT2D eigenvalue weighted by molar-refractivity contribution is -0.131. The predicted octanol–water partition coefficient (Wildman–Crippen LogP) is 5.08. The van der Waals surface area contributed by atoms with Crippen LogP contribution in [0.25, 0.3) is 16.9 Å². The van der Waals surface area contributed by atoms with Crippen molar-refractivity contribution in [3.8, 4) is 11.3 Å². The zero-order chi connectivity index (χ0) is 23.5. The Balaban J connectivity index is 1.41. The number of halogens is 4.